The van der Waals surface area contributed by atoms with Gasteiger partial charge in [-0.25, -0.2) is 4.98 Å². The molecule has 2 aromatic rings. The molecular formula is C16H24N2OS. The van der Waals surface area contributed by atoms with Crippen LogP contribution in [-0.4, -0.2) is 9.55 Å². The number of unbranched alkanes of at least 4 members (excludes halogenated alkanes) is 4. The topological polar surface area (TPSA) is 34.9 Å². The van der Waals surface area contributed by atoms with E-state index in [1.807, 2.05) is 17.6 Å². The van der Waals surface area contributed by atoms with Crippen molar-refractivity contribution in [2.24, 2.45) is 0 Å². The molecule has 0 saturated heterocycles. The van der Waals surface area contributed by atoms with Gasteiger partial charge in [-0.15, -0.1) is 11.3 Å². The third-order valence-corrected chi connectivity index (χ3v) is 4.90. The minimum atomic E-state index is 0.138. The highest BCUT2D eigenvalue weighted by molar-refractivity contribution is 7.18. The fourth-order valence-corrected chi connectivity index (χ4v) is 3.48. The molecule has 4 heteroatoms. The van der Waals surface area contributed by atoms with Gasteiger partial charge in [0.1, 0.15) is 10.7 Å². The van der Waals surface area contributed by atoms with Crippen LogP contribution in [0.15, 0.2) is 10.9 Å². The van der Waals surface area contributed by atoms with Crippen LogP contribution < -0.4 is 5.56 Å². The zero-order chi connectivity index (χ0) is 14.5. The summed E-state index contributed by atoms with van der Waals surface area (Å²) in [6.07, 6.45) is 7.03. The van der Waals surface area contributed by atoms with Crippen LogP contribution in [0.4, 0.5) is 0 Å². The summed E-state index contributed by atoms with van der Waals surface area (Å²) in [5.74, 6) is 0.850. The quantitative estimate of drug-likeness (QED) is 0.713. The molecule has 0 fully saturated rings. The Kier molecular flexibility index (Phi) is 5.35. The average molecular weight is 292 g/mol. The van der Waals surface area contributed by atoms with Gasteiger partial charge in [-0.05, 0) is 25.8 Å². The zero-order valence-electron chi connectivity index (χ0n) is 12.7. The van der Waals surface area contributed by atoms with Gasteiger partial charge in [0.2, 0.25) is 0 Å². The van der Waals surface area contributed by atoms with Crippen molar-refractivity contribution in [2.45, 2.75) is 65.8 Å². The van der Waals surface area contributed by atoms with Crippen LogP contribution in [0.2, 0.25) is 0 Å². The first-order valence-electron chi connectivity index (χ1n) is 7.67. The average Bonchev–Trinajstić information content (AvgIpc) is 2.85. The van der Waals surface area contributed by atoms with Crippen molar-refractivity contribution in [3.05, 3.63) is 27.1 Å². The van der Waals surface area contributed by atoms with Crippen LogP contribution in [0.25, 0.3) is 10.2 Å². The minimum Gasteiger partial charge on any atom is -0.296 e. The third kappa shape index (κ3) is 3.29. The zero-order valence-corrected chi connectivity index (χ0v) is 13.6. The monoisotopic (exact) mass is 292 g/mol. The van der Waals surface area contributed by atoms with E-state index in [0.717, 1.165) is 35.4 Å². The number of aryl methyl sites for hydroxylation is 2. The van der Waals surface area contributed by atoms with Crippen LogP contribution in [0.5, 0.6) is 0 Å². The molecule has 2 aromatic heterocycles. The second-order valence-electron chi connectivity index (χ2n) is 5.32. The Morgan fingerprint density at radius 3 is 2.65 bits per heavy atom. The van der Waals surface area contributed by atoms with Crippen molar-refractivity contribution in [2.75, 3.05) is 0 Å². The highest BCUT2D eigenvalue weighted by atomic mass is 32.1. The van der Waals surface area contributed by atoms with E-state index in [9.17, 15) is 4.79 Å². The van der Waals surface area contributed by atoms with E-state index in [1.54, 1.807) is 11.3 Å². The van der Waals surface area contributed by atoms with E-state index >= 15 is 0 Å². The lowest BCUT2D eigenvalue weighted by atomic mass is 10.1. The largest absolute Gasteiger partial charge is 0.296 e. The van der Waals surface area contributed by atoms with Crippen LogP contribution in [0, 0.1) is 6.92 Å². The highest BCUT2D eigenvalue weighted by Crippen LogP contribution is 2.22. The number of nitrogens with zero attached hydrogens (tertiary/aromatic N) is 2. The van der Waals surface area contributed by atoms with Gasteiger partial charge in [0, 0.05) is 11.4 Å². The van der Waals surface area contributed by atoms with Crippen LogP contribution in [0.1, 0.15) is 56.7 Å². The summed E-state index contributed by atoms with van der Waals surface area (Å²) in [4.78, 5) is 19.3. The molecule has 0 atom stereocenters. The maximum Gasteiger partial charge on any atom is 0.262 e. The number of hydrogen-bond acceptors (Lipinski definition) is 3. The summed E-state index contributed by atoms with van der Waals surface area (Å²) in [6.45, 7) is 7.07. The molecule has 0 unspecified atom stereocenters. The second-order valence-corrected chi connectivity index (χ2v) is 6.43. The standard InChI is InChI=1S/C16H24N2OS/c1-4-6-7-8-9-10-18-12(3)17-15-14(16(18)19)11-13(5-2)20-15/h11H,4-10H2,1-3H3. The number of rotatable bonds is 7. The van der Waals surface area contributed by atoms with Crippen LogP contribution in [-0.2, 0) is 13.0 Å². The third-order valence-electron chi connectivity index (χ3n) is 3.73. The van der Waals surface area contributed by atoms with Gasteiger partial charge in [0.25, 0.3) is 5.56 Å². The fourth-order valence-electron chi connectivity index (χ4n) is 2.48. The summed E-state index contributed by atoms with van der Waals surface area (Å²) in [7, 11) is 0. The molecule has 2 heterocycles. The predicted molar refractivity (Wildman–Crippen MR) is 86.8 cm³/mol. The Morgan fingerprint density at radius 2 is 1.95 bits per heavy atom. The molecule has 0 aliphatic heterocycles. The SMILES string of the molecule is CCCCCCCn1c(C)nc2sc(CC)cc2c1=O. The van der Waals surface area contributed by atoms with Crippen LogP contribution >= 0.6 is 11.3 Å². The molecule has 0 amide bonds. The first-order chi connectivity index (χ1) is 9.67. The Balaban J connectivity index is 2.18. The summed E-state index contributed by atoms with van der Waals surface area (Å²) < 4.78 is 1.85. The lowest BCUT2D eigenvalue weighted by Crippen LogP contribution is -2.23. The summed E-state index contributed by atoms with van der Waals surface area (Å²) in [6, 6.07) is 2.02. The van der Waals surface area contributed by atoms with Crippen molar-refractivity contribution in [1.82, 2.24) is 9.55 Å². The van der Waals surface area contributed by atoms with E-state index in [4.69, 9.17) is 0 Å². The number of hydrogen-bond donors (Lipinski definition) is 0. The minimum absolute atomic E-state index is 0.138. The number of thiophene rings is 1. The van der Waals surface area contributed by atoms with Crippen molar-refractivity contribution in [3.63, 3.8) is 0 Å². The van der Waals surface area contributed by atoms with Gasteiger partial charge in [-0.1, -0.05) is 39.5 Å². The first-order valence-corrected chi connectivity index (χ1v) is 8.48. The molecule has 20 heavy (non-hydrogen) atoms. The molecule has 3 nitrogen and oxygen atoms in total. The van der Waals surface area contributed by atoms with Gasteiger partial charge >= 0.3 is 0 Å². The molecule has 0 aliphatic carbocycles. The number of aromatic nitrogens is 2. The second kappa shape index (κ2) is 7.02. The molecule has 2 rings (SSSR count). The summed E-state index contributed by atoms with van der Waals surface area (Å²) in [5.41, 5.74) is 0.138. The Labute approximate surface area is 124 Å². The fraction of sp³-hybridized carbons (Fsp3) is 0.625. The lowest BCUT2D eigenvalue weighted by molar-refractivity contribution is 0.546. The van der Waals surface area contributed by atoms with E-state index in [1.165, 1.54) is 30.6 Å². The normalized spacial score (nSPS) is 11.3. The van der Waals surface area contributed by atoms with Crippen molar-refractivity contribution in [3.8, 4) is 0 Å². The van der Waals surface area contributed by atoms with Crippen molar-refractivity contribution in [1.29, 1.82) is 0 Å². The van der Waals surface area contributed by atoms with E-state index < -0.39 is 0 Å². The molecule has 0 bridgehead atoms. The van der Waals surface area contributed by atoms with Gasteiger partial charge in [-0.2, -0.15) is 0 Å². The summed E-state index contributed by atoms with van der Waals surface area (Å²) >= 11 is 1.64. The lowest BCUT2D eigenvalue weighted by Gasteiger charge is -2.09. The molecule has 0 saturated carbocycles. The molecular weight excluding hydrogens is 268 g/mol. The van der Waals surface area contributed by atoms with E-state index in [2.05, 4.69) is 18.8 Å². The predicted octanol–water partition coefficient (Wildman–Crippen LogP) is 4.30. The Morgan fingerprint density at radius 1 is 1.20 bits per heavy atom. The molecule has 0 spiro atoms. The van der Waals surface area contributed by atoms with Crippen molar-refractivity contribution < 1.29 is 0 Å². The maximum absolute atomic E-state index is 12.5. The van der Waals surface area contributed by atoms with Gasteiger partial charge < -0.3 is 0 Å². The number of fused-ring (bicyclic) bond motifs is 1. The first kappa shape index (κ1) is 15.2. The Hall–Kier alpha value is -1.16. The summed E-state index contributed by atoms with van der Waals surface area (Å²) in [5, 5.41) is 0.797. The highest BCUT2D eigenvalue weighted by Gasteiger charge is 2.10. The van der Waals surface area contributed by atoms with Crippen LogP contribution in [0.3, 0.4) is 0 Å². The molecule has 0 N–H and O–H groups in total. The molecule has 0 aliphatic rings. The van der Waals surface area contributed by atoms with Gasteiger partial charge in [0.15, 0.2) is 0 Å². The molecule has 0 aromatic carbocycles. The van der Waals surface area contributed by atoms with Crippen molar-refractivity contribution >= 4 is 21.6 Å². The Bertz CT molecular complexity index is 627. The van der Waals surface area contributed by atoms with Gasteiger partial charge in [-0.3, -0.25) is 9.36 Å². The smallest absolute Gasteiger partial charge is 0.262 e. The molecule has 0 radical (unpaired) electrons. The molecule has 110 valence electrons. The maximum atomic E-state index is 12.5. The van der Waals surface area contributed by atoms with E-state index in [-0.39, 0.29) is 5.56 Å². The van der Waals surface area contributed by atoms with Gasteiger partial charge in [0.05, 0.1) is 5.39 Å². The van der Waals surface area contributed by atoms with E-state index in [0.29, 0.717) is 0 Å².